The van der Waals surface area contributed by atoms with Gasteiger partial charge in [0.25, 0.3) is 0 Å². The fourth-order valence-corrected chi connectivity index (χ4v) is 2.56. The van der Waals surface area contributed by atoms with Gasteiger partial charge in [-0.3, -0.25) is 4.90 Å². The first-order valence-electron chi connectivity index (χ1n) is 6.80. The molecule has 106 valence electrons. The Kier molecular flexibility index (Phi) is 3.71. The standard InChI is InChI=1S/C15H19N3O2/c1-20-13-4-2-12(3-5-13)14(19)10-17-8-9-18-7-6-16-15(18)11-17/h2-7,14,19H,8-11H2,1H3. The number of nitrogens with zero attached hydrogens (tertiary/aromatic N) is 3. The predicted molar refractivity (Wildman–Crippen MR) is 75.5 cm³/mol. The van der Waals surface area contributed by atoms with Gasteiger partial charge in [-0.15, -0.1) is 0 Å². The Balaban J connectivity index is 1.63. The van der Waals surface area contributed by atoms with Crippen LogP contribution in [0.15, 0.2) is 36.7 Å². The number of β-amino-alcohol motifs (C(OH)–C–C–N with tert-alkyl or cyclic N) is 1. The first-order chi connectivity index (χ1) is 9.76. The molecule has 1 aromatic carbocycles. The van der Waals surface area contributed by atoms with Gasteiger partial charge in [0.1, 0.15) is 11.6 Å². The maximum Gasteiger partial charge on any atom is 0.122 e. The Labute approximate surface area is 118 Å². The Hall–Kier alpha value is -1.85. The highest BCUT2D eigenvalue weighted by molar-refractivity contribution is 5.28. The number of aliphatic hydroxyl groups is 1. The molecule has 1 atom stereocenters. The van der Waals surface area contributed by atoms with E-state index < -0.39 is 6.10 Å². The van der Waals surface area contributed by atoms with Crippen molar-refractivity contribution in [1.29, 1.82) is 0 Å². The topological polar surface area (TPSA) is 50.5 Å². The summed E-state index contributed by atoms with van der Waals surface area (Å²) in [5, 5.41) is 10.3. The fraction of sp³-hybridized carbons (Fsp3) is 0.400. The Morgan fingerprint density at radius 2 is 2.10 bits per heavy atom. The number of hydrogen-bond acceptors (Lipinski definition) is 4. The predicted octanol–water partition coefficient (Wildman–Crippen LogP) is 1.44. The van der Waals surface area contributed by atoms with E-state index in [4.69, 9.17) is 4.74 Å². The Morgan fingerprint density at radius 3 is 2.85 bits per heavy atom. The van der Waals surface area contributed by atoms with E-state index in [1.807, 2.05) is 36.7 Å². The monoisotopic (exact) mass is 273 g/mol. The molecule has 0 aliphatic carbocycles. The third-order valence-electron chi connectivity index (χ3n) is 3.76. The molecule has 0 saturated heterocycles. The minimum atomic E-state index is -0.484. The second kappa shape index (κ2) is 5.64. The Bertz CT molecular complexity index is 565. The number of aliphatic hydroxyl groups excluding tert-OH is 1. The average Bonchev–Trinajstić information content (AvgIpc) is 2.95. The zero-order chi connectivity index (χ0) is 13.9. The summed E-state index contributed by atoms with van der Waals surface area (Å²) in [6.07, 6.45) is 3.35. The van der Waals surface area contributed by atoms with Crippen molar-refractivity contribution in [3.8, 4) is 5.75 Å². The van der Waals surface area contributed by atoms with Gasteiger partial charge >= 0.3 is 0 Å². The van der Waals surface area contributed by atoms with Crippen LogP contribution in [0.1, 0.15) is 17.5 Å². The van der Waals surface area contributed by atoms with Crippen molar-refractivity contribution in [3.63, 3.8) is 0 Å². The lowest BCUT2D eigenvalue weighted by Gasteiger charge is -2.29. The minimum Gasteiger partial charge on any atom is -0.497 e. The van der Waals surface area contributed by atoms with Crippen LogP contribution in [0.25, 0.3) is 0 Å². The van der Waals surface area contributed by atoms with Crippen molar-refractivity contribution in [2.24, 2.45) is 0 Å². The molecule has 1 aliphatic heterocycles. The molecule has 1 unspecified atom stereocenters. The third kappa shape index (κ3) is 2.69. The van der Waals surface area contributed by atoms with E-state index in [9.17, 15) is 5.11 Å². The number of methoxy groups -OCH3 is 1. The van der Waals surface area contributed by atoms with Gasteiger partial charge in [-0.2, -0.15) is 0 Å². The number of imidazole rings is 1. The molecule has 0 radical (unpaired) electrons. The normalized spacial score (nSPS) is 16.7. The molecule has 0 bridgehead atoms. The molecule has 5 heteroatoms. The van der Waals surface area contributed by atoms with E-state index in [0.717, 1.165) is 36.8 Å². The van der Waals surface area contributed by atoms with E-state index in [1.165, 1.54) is 0 Å². The zero-order valence-electron chi connectivity index (χ0n) is 11.6. The first-order valence-corrected chi connectivity index (χ1v) is 6.80. The van der Waals surface area contributed by atoms with E-state index in [-0.39, 0.29) is 0 Å². The van der Waals surface area contributed by atoms with Crippen LogP contribution in [0.5, 0.6) is 5.75 Å². The lowest BCUT2D eigenvalue weighted by molar-refractivity contribution is 0.0962. The van der Waals surface area contributed by atoms with Gasteiger partial charge < -0.3 is 14.4 Å². The summed E-state index contributed by atoms with van der Waals surface area (Å²) < 4.78 is 7.29. The van der Waals surface area contributed by atoms with E-state index in [1.54, 1.807) is 7.11 Å². The van der Waals surface area contributed by atoms with Crippen molar-refractivity contribution in [2.75, 3.05) is 20.2 Å². The number of ether oxygens (including phenoxy) is 1. The number of benzene rings is 1. The number of aromatic nitrogens is 2. The fourth-order valence-electron chi connectivity index (χ4n) is 2.56. The summed E-state index contributed by atoms with van der Waals surface area (Å²) >= 11 is 0. The molecule has 3 rings (SSSR count). The lowest BCUT2D eigenvalue weighted by Crippen LogP contribution is -2.36. The van der Waals surface area contributed by atoms with Gasteiger partial charge in [0, 0.05) is 32.0 Å². The largest absolute Gasteiger partial charge is 0.497 e. The second-order valence-electron chi connectivity index (χ2n) is 5.06. The summed E-state index contributed by atoms with van der Waals surface area (Å²) in [5.41, 5.74) is 0.916. The highest BCUT2D eigenvalue weighted by atomic mass is 16.5. The zero-order valence-corrected chi connectivity index (χ0v) is 11.6. The van der Waals surface area contributed by atoms with Crippen LogP contribution in [-0.2, 0) is 13.1 Å². The summed E-state index contributed by atoms with van der Waals surface area (Å²) in [6.45, 7) is 3.29. The maximum atomic E-state index is 10.3. The van der Waals surface area contributed by atoms with Crippen molar-refractivity contribution in [3.05, 3.63) is 48.0 Å². The second-order valence-corrected chi connectivity index (χ2v) is 5.06. The van der Waals surface area contributed by atoms with Crippen LogP contribution in [0, 0.1) is 0 Å². The lowest BCUT2D eigenvalue weighted by atomic mass is 10.1. The number of hydrogen-bond donors (Lipinski definition) is 1. The van der Waals surface area contributed by atoms with Gasteiger partial charge in [0.05, 0.1) is 19.8 Å². The third-order valence-corrected chi connectivity index (χ3v) is 3.76. The van der Waals surface area contributed by atoms with Crippen LogP contribution >= 0.6 is 0 Å². The molecule has 0 amide bonds. The van der Waals surface area contributed by atoms with Gasteiger partial charge in [-0.25, -0.2) is 4.98 Å². The first kappa shape index (κ1) is 13.1. The van der Waals surface area contributed by atoms with E-state index in [2.05, 4.69) is 14.5 Å². The molecule has 0 spiro atoms. The molecule has 2 aromatic rings. The number of fused-ring (bicyclic) bond motifs is 1. The minimum absolute atomic E-state index is 0.484. The van der Waals surface area contributed by atoms with Crippen LogP contribution in [0.4, 0.5) is 0 Å². The van der Waals surface area contributed by atoms with Crippen molar-refractivity contribution in [1.82, 2.24) is 14.5 Å². The van der Waals surface area contributed by atoms with Crippen molar-refractivity contribution in [2.45, 2.75) is 19.2 Å². The summed E-state index contributed by atoms with van der Waals surface area (Å²) in [6, 6.07) is 7.58. The SMILES string of the molecule is COc1ccc(C(O)CN2CCn3ccnc3C2)cc1. The van der Waals surface area contributed by atoms with E-state index in [0.29, 0.717) is 6.54 Å². The maximum absolute atomic E-state index is 10.3. The van der Waals surface area contributed by atoms with Crippen molar-refractivity contribution >= 4 is 0 Å². The highest BCUT2D eigenvalue weighted by Gasteiger charge is 2.19. The summed E-state index contributed by atoms with van der Waals surface area (Å²) in [4.78, 5) is 6.57. The molecule has 0 saturated carbocycles. The van der Waals surface area contributed by atoms with Gasteiger partial charge in [-0.1, -0.05) is 12.1 Å². The molecule has 2 heterocycles. The van der Waals surface area contributed by atoms with Crippen LogP contribution < -0.4 is 4.74 Å². The van der Waals surface area contributed by atoms with E-state index >= 15 is 0 Å². The molecule has 1 N–H and O–H groups in total. The molecule has 0 fully saturated rings. The smallest absolute Gasteiger partial charge is 0.122 e. The van der Waals surface area contributed by atoms with Gasteiger partial charge in [0.2, 0.25) is 0 Å². The van der Waals surface area contributed by atoms with Gasteiger partial charge in [-0.05, 0) is 17.7 Å². The van der Waals surface area contributed by atoms with Crippen LogP contribution in [-0.4, -0.2) is 39.8 Å². The molecular weight excluding hydrogens is 254 g/mol. The summed E-state index contributed by atoms with van der Waals surface area (Å²) in [7, 11) is 1.64. The molecule has 5 nitrogen and oxygen atoms in total. The van der Waals surface area contributed by atoms with Gasteiger partial charge in [0.15, 0.2) is 0 Å². The van der Waals surface area contributed by atoms with Crippen LogP contribution in [0.3, 0.4) is 0 Å². The average molecular weight is 273 g/mol. The quantitative estimate of drug-likeness (QED) is 0.916. The van der Waals surface area contributed by atoms with Crippen LogP contribution in [0.2, 0.25) is 0 Å². The molecular formula is C15H19N3O2. The highest BCUT2D eigenvalue weighted by Crippen LogP contribution is 2.20. The van der Waals surface area contributed by atoms with Crippen molar-refractivity contribution < 1.29 is 9.84 Å². The molecule has 1 aromatic heterocycles. The summed E-state index contributed by atoms with van der Waals surface area (Å²) in [5.74, 6) is 1.87. The number of rotatable bonds is 4. The molecule has 20 heavy (non-hydrogen) atoms. The Morgan fingerprint density at radius 1 is 1.30 bits per heavy atom. The molecule has 1 aliphatic rings.